The first-order chi connectivity index (χ1) is 6.23. The third kappa shape index (κ3) is 4.11. The summed E-state index contributed by atoms with van der Waals surface area (Å²) < 4.78 is 60.0. The molecule has 0 amide bonds. The van der Waals surface area contributed by atoms with Crippen LogP contribution in [0.2, 0.25) is 0 Å². The van der Waals surface area contributed by atoms with Gasteiger partial charge in [-0.1, -0.05) is 12.1 Å². The number of hydrogen-bond donors (Lipinski definition) is 2. The fourth-order valence-electron chi connectivity index (χ4n) is 0.876. The maximum atomic E-state index is 10.7. The molecular weight excluding hydrogens is 320 g/mol. The normalized spacial score (nSPS) is 11.9. The third-order valence-electron chi connectivity index (χ3n) is 1.40. The van der Waals surface area contributed by atoms with Crippen molar-refractivity contribution in [3.8, 4) is 0 Å². The van der Waals surface area contributed by atoms with Crippen molar-refractivity contribution in [3.63, 3.8) is 0 Å². The van der Waals surface area contributed by atoms with E-state index in [2.05, 4.69) is 0 Å². The molecule has 6 nitrogen and oxygen atoms in total. The summed E-state index contributed by atoms with van der Waals surface area (Å²) in [6, 6.07) is 4.19. The van der Waals surface area contributed by atoms with E-state index in [1.807, 2.05) is 0 Å². The Kier molecular flexibility index (Phi) is 5.42. The molecule has 0 aliphatic rings. The molecule has 0 aromatic heterocycles. The maximum absolute atomic E-state index is 10.7. The van der Waals surface area contributed by atoms with E-state index < -0.39 is 30.0 Å². The van der Waals surface area contributed by atoms with Crippen LogP contribution >= 0.6 is 0 Å². The van der Waals surface area contributed by atoms with Crippen LogP contribution in [0.25, 0.3) is 0 Å². The maximum Gasteiger partial charge on any atom is 0.295 e. The zero-order valence-electron chi connectivity index (χ0n) is 7.36. The van der Waals surface area contributed by atoms with E-state index in [-0.39, 0.29) is 45.5 Å². The molecular formula is C6H6O6S2Sr. The van der Waals surface area contributed by atoms with Gasteiger partial charge in [-0.3, -0.25) is 9.11 Å². The molecule has 0 bridgehead atoms. The molecule has 0 saturated carbocycles. The fourth-order valence-corrected chi connectivity index (χ4v) is 2.65. The molecule has 15 heavy (non-hydrogen) atoms. The molecule has 0 aliphatic heterocycles. The molecule has 0 aliphatic carbocycles. The van der Waals surface area contributed by atoms with E-state index in [1.54, 1.807) is 0 Å². The molecule has 2 radical (unpaired) electrons. The Morgan fingerprint density at radius 2 is 1.07 bits per heavy atom. The predicted molar refractivity (Wildman–Crippen MR) is 51.8 cm³/mol. The van der Waals surface area contributed by atoms with Gasteiger partial charge in [-0.05, 0) is 12.1 Å². The first-order valence-corrected chi connectivity index (χ1v) is 6.15. The van der Waals surface area contributed by atoms with Crippen molar-refractivity contribution < 1.29 is 25.9 Å². The molecule has 0 fully saturated rings. The summed E-state index contributed by atoms with van der Waals surface area (Å²) in [4.78, 5) is -1.69. The monoisotopic (exact) mass is 326 g/mol. The van der Waals surface area contributed by atoms with Crippen LogP contribution in [-0.4, -0.2) is 71.4 Å². The van der Waals surface area contributed by atoms with Crippen LogP contribution in [-0.2, 0) is 20.2 Å². The minimum atomic E-state index is -4.66. The third-order valence-corrected chi connectivity index (χ3v) is 3.36. The molecule has 0 heterocycles. The standard InChI is InChI=1S/C6H6O6S2.Sr/c7-13(8,9)5-3-1-2-4-6(5)14(10,11)12;/h1-4H,(H,7,8,9)(H,10,11,12);. The van der Waals surface area contributed by atoms with Gasteiger partial charge in [0.25, 0.3) is 20.2 Å². The smallest absolute Gasteiger partial charge is 0.282 e. The summed E-state index contributed by atoms with van der Waals surface area (Å²) >= 11 is 0. The van der Waals surface area contributed by atoms with Gasteiger partial charge in [0.1, 0.15) is 9.79 Å². The second kappa shape index (κ2) is 5.23. The second-order valence-electron chi connectivity index (χ2n) is 2.40. The van der Waals surface area contributed by atoms with Gasteiger partial charge in [-0.15, -0.1) is 0 Å². The molecule has 1 aromatic rings. The number of benzene rings is 1. The average molecular weight is 326 g/mol. The number of rotatable bonds is 2. The minimum Gasteiger partial charge on any atom is -0.282 e. The van der Waals surface area contributed by atoms with Gasteiger partial charge in [-0.2, -0.15) is 16.8 Å². The van der Waals surface area contributed by atoms with E-state index >= 15 is 0 Å². The summed E-state index contributed by atoms with van der Waals surface area (Å²) in [7, 11) is -9.31. The Labute approximate surface area is 124 Å². The van der Waals surface area contributed by atoms with E-state index in [9.17, 15) is 16.8 Å². The van der Waals surface area contributed by atoms with Crippen molar-refractivity contribution in [2.45, 2.75) is 9.79 Å². The van der Waals surface area contributed by atoms with Crippen molar-refractivity contribution >= 4 is 65.7 Å². The van der Waals surface area contributed by atoms with Crippen LogP contribution in [0.15, 0.2) is 34.1 Å². The predicted octanol–water partition coefficient (Wildman–Crippen LogP) is -0.201. The van der Waals surface area contributed by atoms with Crippen molar-refractivity contribution in [3.05, 3.63) is 24.3 Å². The van der Waals surface area contributed by atoms with Crippen LogP contribution in [0.5, 0.6) is 0 Å². The van der Waals surface area contributed by atoms with Crippen LogP contribution < -0.4 is 0 Å². The first kappa shape index (κ1) is 15.5. The fraction of sp³-hybridized carbons (Fsp3) is 0. The topological polar surface area (TPSA) is 109 Å². The first-order valence-electron chi connectivity index (χ1n) is 3.27. The van der Waals surface area contributed by atoms with Gasteiger partial charge in [0, 0.05) is 45.5 Å². The van der Waals surface area contributed by atoms with Crippen LogP contribution in [0, 0.1) is 0 Å². The molecule has 1 aromatic carbocycles. The van der Waals surface area contributed by atoms with Crippen LogP contribution in [0.1, 0.15) is 0 Å². The Hall–Kier alpha value is 0.521. The zero-order chi connectivity index (χ0) is 11.0. The quantitative estimate of drug-likeness (QED) is 0.575. The summed E-state index contributed by atoms with van der Waals surface area (Å²) in [6.45, 7) is 0. The average Bonchev–Trinajstić information content (AvgIpc) is 2.01. The van der Waals surface area contributed by atoms with E-state index in [0.29, 0.717) is 0 Å². The molecule has 0 unspecified atom stereocenters. The van der Waals surface area contributed by atoms with Gasteiger partial charge in [0.2, 0.25) is 0 Å². The van der Waals surface area contributed by atoms with Crippen molar-refractivity contribution in [1.82, 2.24) is 0 Å². The van der Waals surface area contributed by atoms with Gasteiger partial charge >= 0.3 is 0 Å². The molecule has 0 atom stereocenters. The van der Waals surface area contributed by atoms with Crippen molar-refractivity contribution in [2.24, 2.45) is 0 Å². The Morgan fingerprint density at radius 3 is 1.27 bits per heavy atom. The Bertz CT molecular complexity index is 496. The molecule has 0 spiro atoms. The summed E-state index contributed by atoms with van der Waals surface area (Å²) in [5, 5.41) is 0. The van der Waals surface area contributed by atoms with E-state index in [4.69, 9.17) is 9.11 Å². The van der Waals surface area contributed by atoms with Gasteiger partial charge < -0.3 is 0 Å². The van der Waals surface area contributed by atoms with Gasteiger partial charge in [0.05, 0.1) is 0 Å². The minimum absolute atomic E-state index is 0. The van der Waals surface area contributed by atoms with Gasteiger partial charge in [-0.25, -0.2) is 0 Å². The van der Waals surface area contributed by atoms with Gasteiger partial charge in [0.15, 0.2) is 0 Å². The van der Waals surface area contributed by atoms with E-state index in [0.717, 1.165) is 12.1 Å². The van der Waals surface area contributed by atoms with Crippen LogP contribution in [0.3, 0.4) is 0 Å². The summed E-state index contributed by atoms with van der Waals surface area (Å²) in [5.41, 5.74) is 0. The molecule has 2 N–H and O–H groups in total. The Morgan fingerprint density at radius 1 is 0.800 bits per heavy atom. The largest absolute Gasteiger partial charge is 0.295 e. The van der Waals surface area contributed by atoms with E-state index in [1.165, 1.54) is 12.1 Å². The summed E-state index contributed by atoms with van der Waals surface area (Å²) in [5.74, 6) is 0. The molecule has 80 valence electrons. The molecule has 0 saturated heterocycles. The second-order valence-corrected chi connectivity index (χ2v) is 5.18. The molecule has 1 rings (SSSR count). The Balaban J connectivity index is 0.00000196. The van der Waals surface area contributed by atoms with Crippen molar-refractivity contribution in [2.75, 3.05) is 0 Å². The number of hydrogen-bond acceptors (Lipinski definition) is 4. The summed E-state index contributed by atoms with van der Waals surface area (Å²) in [6.07, 6.45) is 0. The van der Waals surface area contributed by atoms with Crippen LogP contribution in [0.4, 0.5) is 0 Å². The van der Waals surface area contributed by atoms with Crippen molar-refractivity contribution in [1.29, 1.82) is 0 Å². The SMILES string of the molecule is O=S(=O)(O)c1ccccc1S(=O)(=O)O.[Sr]. The zero-order valence-corrected chi connectivity index (χ0v) is 12.5. The molecule has 9 heteroatoms.